The Balaban J connectivity index is 1.08. The molecule has 214 valence electrons. The van der Waals surface area contributed by atoms with Crippen LogP contribution in [0.1, 0.15) is 30.5 Å². The monoisotopic (exact) mass is 581 g/mol. The summed E-state index contributed by atoms with van der Waals surface area (Å²) in [5, 5.41) is 16.9. The van der Waals surface area contributed by atoms with Gasteiger partial charge in [0.25, 0.3) is 0 Å². The molecule has 0 bridgehead atoms. The number of sulfonamides is 2. The highest BCUT2D eigenvalue weighted by Gasteiger charge is 2.44. The Morgan fingerprint density at radius 1 is 1.21 bits per heavy atom. The molecule has 1 aromatic heterocycles. The van der Waals surface area contributed by atoms with Gasteiger partial charge in [-0.25, -0.2) is 21.6 Å². The Labute approximate surface area is 229 Å². The first-order valence-electron chi connectivity index (χ1n) is 13.0. The predicted octanol–water partition coefficient (Wildman–Crippen LogP) is -0.0654. The Morgan fingerprint density at radius 3 is 2.77 bits per heavy atom. The van der Waals surface area contributed by atoms with Gasteiger partial charge in [0.2, 0.25) is 20.0 Å². The summed E-state index contributed by atoms with van der Waals surface area (Å²) in [4.78, 5) is 4.65. The van der Waals surface area contributed by atoms with Crippen LogP contribution in [0.3, 0.4) is 0 Å². The second-order valence-electron chi connectivity index (χ2n) is 10.2. The summed E-state index contributed by atoms with van der Waals surface area (Å²) in [5.41, 5.74) is 1.44. The van der Waals surface area contributed by atoms with E-state index in [0.29, 0.717) is 51.4 Å². The lowest BCUT2D eigenvalue weighted by Gasteiger charge is -2.38. The number of aliphatic hydroxyl groups excluding tert-OH is 1. The Kier molecular flexibility index (Phi) is 8.27. The van der Waals surface area contributed by atoms with Gasteiger partial charge in [0, 0.05) is 51.0 Å². The molecular weight excluding hydrogens is 546 g/mol. The normalized spacial score (nSPS) is 22.2. The van der Waals surface area contributed by atoms with Crippen LogP contribution in [0.15, 0.2) is 46.3 Å². The van der Waals surface area contributed by atoms with Crippen LogP contribution in [-0.4, -0.2) is 88.9 Å². The molecular formula is C25H35N5O7S2. The molecule has 1 aromatic carbocycles. The summed E-state index contributed by atoms with van der Waals surface area (Å²) >= 11 is 0. The third-order valence-electron chi connectivity index (χ3n) is 7.59. The molecule has 0 aliphatic carbocycles. The van der Waals surface area contributed by atoms with Crippen molar-refractivity contribution >= 4 is 20.0 Å². The second kappa shape index (κ2) is 11.4. The molecule has 0 saturated carbocycles. The van der Waals surface area contributed by atoms with Crippen LogP contribution >= 0.6 is 0 Å². The number of piperidine rings is 1. The highest BCUT2D eigenvalue weighted by Crippen LogP contribution is 2.37. The summed E-state index contributed by atoms with van der Waals surface area (Å²) in [6.07, 6.45) is 2.57. The lowest BCUT2D eigenvalue weighted by atomic mass is 9.88. The van der Waals surface area contributed by atoms with Gasteiger partial charge in [-0.2, -0.15) is 4.31 Å². The molecule has 4 heterocycles. The summed E-state index contributed by atoms with van der Waals surface area (Å²) in [7, 11) is -5.86. The largest absolute Gasteiger partial charge is 0.491 e. The van der Waals surface area contributed by atoms with E-state index in [-0.39, 0.29) is 34.6 Å². The van der Waals surface area contributed by atoms with Crippen molar-refractivity contribution in [3.05, 3.63) is 47.8 Å². The fourth-order valence-corrected chi connectivity index (χ4v) is 7.50. The molecule has 2 fully saturated rings. The molecule has 1 unspecified atom stereocenters. The topological polar surface area (TPSA) is 159 Å². The van der Waals surface area contributed by atoms with E-state index in [0.717, 1.165) is 17.7 Å². The molecule has 12 nitrogen and oxygen atoms in total. The third-order valence-corrected chi connectivity index (χ3v) is 10.9. The second-order valence-corrected chi connectivity index (χ2v) is 14.1. The minimum Gasteiger partial charge on any atom is -0.491 e. The molecule has 2 atom stereocenters. The number of hydrogen-bond donors (Lipinski definition) is 4. The van der Waals surface area contributed by atoms with Crippen molar-refractivity contribution < 1.29 is 31.4 Å². The molecule has 39 heavy (non-hydrogen) atoms. The summed E-state index contributed by atoms with van der Waals surface area (Å²) in [6.45, 7) is 2.80. The molecule has 2 aromatic rings. The standard InChI is InChI=1S/C25H35N5O7S2/c1-26-38(32,33)22-4-2-3-21(10-22)36-17-20(31)13-28-19-11-25(37-16-19)5-7-30(8-6-25)39(34,35)23-9-18-12-27-15-24(18)29-14-23/h2-4,9-10,14,19-20,26-28,31H,5-8,11-13,15-17H2,1H3/t19?,20-/m0/s1. The van der Waals surface area contributed by atoms with E-state index in [1.54, 1.807) is 18.2 Å². The predicted molar refractivity (Wildman–Crippen MR) is 142 cm³/mol. The quantitative estimate of drug-likeness (QED) is 0.299. The van der Waals surface area contributed by atoms with Gasteiger partial charge in [0.1, 0.15) is 23.4 Å². The smallest absolute Gasteiger partial charge is 0.244 e. The number of ether oxygens (including phenoxy) is 2. The van der Waals surface area contributed by atoms with E-state index in [1.165, 1.54) is 29.7 Å². The molecule has 0 radical (unpaired) electrons. The molecule has 1 spiro atoms. The molecule has 5 rings (SSSR count). The van der Waals surface area contributed by atoms with Crippen molar-refractivity contribution in [2.75, 3.05) is 39.9 Å². The number of fused-ring (bicyclic) bond motifs is 1. The third kappa shape index (κ3) is 6.28. The van der Waals surface area contributed by atoms with Gasteiger partial charge in [-0.05, 0) is 50.1 Å². The highest BCUT2D eigenvalue weighted by molar-refractivity contribution is 7.89. The van der Waals surface area contributed by atoms with Crippen LogP contribution in [-0.2, 0) is 37.9 Å². The minimum atomic E-state index is -3.62. The fraction of sp³-hybridized carbons (Fsp3) is 0.560. The van der Waals surface area contributed by atoms with Gasteiger partial charge in [-0.15, -0.1) is 0 Å². The minimum absolute atomic E-state index is 0.00475. The fourth-order valence-electron chi connectivity index (χ4n) is 5.30. The molecule has 4 N–H and O–H groups in total. The first-order chi connectivity index (χ1) is 18.6. The lowest BCUT2D eigenvalue weighted by Crippen LogP contribution is -2.47. The summed E-state index contributed by atoms with van der Waals surface area (Å²) < 4.78 is 65.9. The number of benzene rings is 1. The van der Waals surface area contributed by atoms with Crippen LogP contribution < -0.4 is 20.1 Å². The summed E-state index contributed by atoms with van der Waals surface area (Å²) in [6, 6.07) is 7.84. The lowest BCUT2D eigenvalue weighted by molar-refractivity contribution is -0.0312. The summed E-state index contributed by atoms with van der Waals surface area (Å²) in [5.74, 6) is 0.350. The van der Waals surface area contributed by atoms with E-state index in [4.69, 9.17) is 9.47 Å². The maximum absolute atomic E-state index is 13.2. The first-order valence-corrected chi connectivity index (χ1v) is 15.9. The van der Waals surface area contributed by atoms with Gasteiger partial charge in [0.05, 0.1) is 22.8 Å². The van der Waals surface area contributed by atoms with Gasteiger partial charge < -0.3 is 25.2 Å². The number of rotatable bonds is 10. The molecule has 3 aliphatic rings. The van der Waals surface area contributed by atoms with Crippen molar-refractivity contribution in [1.29, 1.82) is 0 Å². The Morgan fingerprint density at radius 2 is 2.00 bits per heavy atom. The molecule has 2 saturated heterocycles. The van der Waals surface area contributed by atoms with E-state index in [9.17, 15) is 21.9 Å². The van der Waals surface area contributed by atoms with Gasteiger partial charge in [0.15, 0.2) is 0 Å². The number of nitrogens with one attached hydrogen (secondary N) is 3. The SMILES string of the molecule is CNS(=O)(=O)c1cccc(OC[C@@H](O)CNC2COC3(CCN(S(=O)(=O)c4cnc5c(c4)CNC5)CC3)C2)c1. The van der Waals surface area contributed by atoms with Gasteiger partial charge in [-0.1, -0.05) is 6.07 Å². The first kappa shape index (κ1) is 28.4. The van der Waals surface area contributed by atoms with Crippen LogP contribution in [0.2, 0.25) is 0 Å². The number of aromatic nitrogens is 1. The maximum atomic E-state index is 13.2. The maximum Gasteiger partial charge on any atom is 0.244 e. The zero-order valence-electron chi connectivity index (χ0n) is 21.8. The number of nitrogens with zero attached hydrogens (tertiary/aromatic N) is 2. The average Bonchev–Trinajstić information content (AvgIpc) is 3.58. The van der Waals surface area contributed by atoms with Crippen LogP contribution in [0.25, 0.3) is 0 Å². The van der Waals surface area contributed by atoms with Crippen LogP contribution in [0.4, 0.5) is 0 Å². The average molecular weight is 582 g/mol. The van der Waals surface area contributed by atoms with Crippen molar-refractivity contribution in [2.24, 2.45) is 0 Å². The zero-order valence-corrected chi connectivity index (χ0v) is 23.4. The Hall–Kier alpha value is -2.17. The zero-order chi connectivity index (χ0) is 27.7. The molecule has 0 amide bonds. The highest BCUT2D eigenvalue weighted by atomic mass is 32.2. The molecule has 3 aliphatic heterocycles. The van der Waals surface area contributed by atoms with E-state index in [2.05, 4.69) is 20.3 Å². The van der Waals surface area contributed by atoms with Crippen LogP contribution in [0, 0.1) is 0 Å². The van der Waals surface area contributed by atoms with E-state index >= 15 is 0 Å². The molecule has 14 heteroatoms. The number of pyridine rings is 1. The van der Waals surface area contributed by atoms with Crippen molar-refractivity contribution in [1.82, 2.24) is 24.6 Å². The Bertz CT molecular complexity index is 1400. The van der Waals surface area contributed by atoms with Crippen LogP contribution in [0.5, 0.6) is 5.75 Å². The van der Waals surface area contributed by atoms with Gasteiger partial charge in [-0.3, -0.25) is 4.98 Å². The van der Waals surface area contributed by atoms with Crippen molar-refractivity contribution in [2.45, 2.75) is 59.9 Å². The number of hydrogen-bond acceptors (Lipinski definition) is 10. The van der Waals surface area contributed by atoms with Crippen molar-refractivity contribution in [3.63, 3.8) is 0 Å². The van der Waals surface area contributed by atoms with Gasteiger partial charge >= 0.3 is 0 Å². The van der Waals surface area contributed by atoms with Crippen molar-refractivity contribution in [3.8, 4) is 5.75 Å². The number of aliphatic hydroxyl groups is 1. The van der Waals surface area contributed by atoms with E-state index in [1.807, 2.05) is 0 Å². The van der Waals surface area contributed by atoms with E-state index < -0.39 is 26.2 Å².